The van der Waals surface area contributed by atoms with Gasteiger partial charge in [-0.25, -0.2) is 0 Å². The van der Waals surface area contributed by atoms with Crippen molar-refractivity contribution in [2.75, 3.05) is 26.9 Å². The van der Waals surface area contributed by atoms with Gasteiger partial charge in [0.05, 0.1) is 39.0 Å². The first kappa shape index (κ1) is 36.2. The standard InChI is InChI=1S/C30H42O15/c1-5-41-30(28(39)27(38)15(3)33)42-13-25(14(2)32)45-29(21(37)12-31)43-17-9-19(35)26-20(36)11-23(44-24(26)10-17)16-6-7-22(40-4)18(34)8-16/h6-10,14-15,21,23,25,27-35,37-39H,5,11-13H2,1-4H3/t14-,15-,21-,23-,25?,27?,28?,29?,30-/m0/s1. The van der Waals surface area contributed by atoms with E-state index in [1.165, 1.54) is 39.2 Å². The molecule has 8 N–H and O–H groups in total. The topological polar surface area (TPSA) is 234 Å². The molecule has 0 fully saturated rings. The van der Waals surface area contributed by atoms with E-state index in [1.807, 2.05) is 0 Å². The molecule has 0 bridgehead atoms. The molecule has 0 saturated carbocycles. The number of rotatable bonds is 17. The summed E-state index contributed by atoms with van der Waals surface area (Å²) in [6.45, 7) is 2.97. The number of phenolic OH excluding ortho intramolecular Hbond substituents is 2. The van der Waals surface area contributed by atoms with Gasteiger partial charge in [-0.15, -0.1) is 0 Å². The van der Waals surface area contributed by atoms with Crippen LogP contribution in [0.15, 0.2) is 30.3 Å². The van der Waals surface area contributed by atoms with Crippen LogP contribution in [-0.2, 0) is 14.2 Å². The maximum atomic E-state index is 12.9. The molecular formula is C30H42O15. The number of ketones is 1. The van der Waals surface area contributed by atoms with Gasteiger partial charge in [-0.2, -0.15) is 0 Å². The van der Waals surface area contributed by atoms with Gasteiger partial charge >= 0.3 is 0 Å². The zero-order valence-electron chi connectivity index (χ0n) is 25.3. The average Bonchev–Trinajstić information content (AvgIpc) is 2.99. The summed E-state index contributed by atoms with van der Waals surface area (Å²) in [5, 5.41) is 81.3. The number of carbonyl (C=O) groups excluding carboxylic acids is 1. The van der Waals surface area contributed by atoms with E-state index in [9.17, 15) is 45.6 Å². The zero-order valence-corrected chi connectivity index (χ0v) is 25.3. The summed E-state index contributed by atoms with van der Waals surface area (Å²) in [6, 6.07) is 6.88. The van der Waals surface area contributed by atoms with Gasteiger partial charge in [0.25, 0.3) is 0 Å². The van der Waals surface area contributed by atoms with Gasteiger partial charge in [-0.3, -0.25) is 4.79 Å². The molecule has 0 spiro atoms. The Hall–Kier alpha value is -3.25. The monoisotopic (exact) mass is 642 g/mol. The van der Waals surface area contributed by atoms with Gasteiger partial charge in [0, 0.05) is 18.7 Å². The number of Topliss-reactive ketones (excluding diaryl/α,β-unsaturated/α-hetero) is 1. The summed E-state index contributed by atoms with van der Waals surface area (Å²) in [5.41, 5.74) is 0.359. The van der Waals surface area contributed by atoms with Crippen LogP contribution >= 0.6 is 0 Å². The van der Waals surface area contributed by atoms with Crippen LogP contribution in [0.2, 0.25) is 0 Å². The van der Waals surface area contributed by atoms with E-state index in [-0.39, 0.29) is 41.6 Å². The van der Waals surface area contributed by atoms with Crippen molar-refractivity contribution in [2.24, 2.45) is 0 Å². The lowest BCUT2D eigenvalue weighted by Gasteiger charge is -2.32. The highest BCUT2D eigenvalue weighted by atomic mass is 16.7. The third kappa shape index (κ3) is 9.16. The molecule has 0 amide bonds. The molecule has 4 unspecified atom stereocenters. The maximum absolute atomic E-state index is 12.9. The van der Waals surface area contributed by atoms with E-state index in [1.54, 1.807) is 13.0 Å². The van der Waals surface area contributed by atoms with Crippen molar-refractivity contribution in [1.29, 1.82) is 0 Å². The Bertz CT molecular complexity index is 1250. The molecule has 0 aliphatic carbocycles. The fourth-order valence-corrected chi connectivity index (χ4v) is 4.50. The summed E-state index contributed by atoms with van der Waals surface area (Å²) in [4.78, 5) is 12.9. The molecule has 1 aliphatic rings. The molecular weight excluding hydrogens is 600 g/mol. The molecule has 9 atom stereocenters. The number of carbonyl (C=O) groups is 1. The molecule has 0 radical (unpaired) electrons. The summed E-state index contributed by atoms with van der Waals surface area (Å²) < 4.78 is 33.3. The zero-order chi connectivity index (χ0) is 33.4. The molecule has 2 aromatic rings. The van der Waals surface area contributed by atoms with E-state index in [0.29, 0.717) is 5.56 Å². The molecule has 1 aliphatic heterocycles. The number of fused-ring (bicyclic) bond motifs is 1. The Kier molecular flexibility index (Phi) is 13.2. The maximum Gasteiger partial charge on any atom is 0.228 e. The number of hydrogen-bond donors (Lipinski definition) is 8. The van der Waals surface area contributed by atoms with Gasteiger partial charge < -0.3 is 69.3 Å². The number of aromatic hydroxyl groups is 2. The molecule has 0 aromatic heterocycles. The minimum absolute atomic E-state index is 0.0561. The largest absolute Gasteiger partial charge is 0.507 e. The summed E-state index contributed by atoms with van der Waals surface area (Å²) in [7, 11) is 1.39. The Labute approximate surface area is 259 Å². The van der Waals surface area contributed by atoms with Crippen LogP contribution in [0.4, 0.5) is 0 Å². The highest BCUT2D eigenvalue weighted by Crippen LogP contribution is 2.43. The van der Waals surface area contributed by atoms with Crippen LogP contribution in [0.5, 0.6) is 28.7 Å². The fraction of sp³-hybridized carbons (Fsp3) is 0.567. The predicted octanol–water partition coefficient (Wildman–Crippen LogP) is 0.119. The number of phenols is 2. The highest BCUT2D eigenvalue weighted by Gasteiger charge is 2.35. The molecule has 252 valence electrons. The van der Waals surface area contributed by atoms with Crippen molar-refractivity contribution >= 4 is 5.78 Å². The lowest BCUT2D eigenvalue weighted by Crippen LogP contribution is -2.48. The first-order chi connectivity index (χ1) is 21.3. The van der Waals surface area contributed by atoms with E-state index in [4.69, 9.17) is 28.4 Å². The second kappa shape index (κ2) is 16.4. The van der Waals surface area contributed by atoms with Crippen molar-refractivity contribution in [3.8, 4) is 28.7 Å². The Morgan fingerprint density at radius 2 is 1.64 bits per heavy atom. The predicted molar refractivity (Wildman–Crippen MR) is 154 cm³/mol. The van der Waals surface area contributed by atoms with Crippen molar-refractivity contribution in [1.82, 2.24) is 0 Å². The van der Waals surface area contributed by atoms with E-state index in [2.05, 4.69) is 0 Å². The third-order valence-electron chi connectivity index (χ3n) is 7.03. The van der Waals surface area contributed by atoms with Crippen LogP contribution in [0, 0.1) is 0 Å². The van der Waals surface area contributed by atoms with Crippen LogP contribution in [0.3, 0.4) is 0 Å². The molecule has 1 heterocycles. The summed E-state index contributed by atoms with van der Waals surface area (Å²) in [5.74, 6) is -1.05. The smallest absolute Gasteiger partial charge is 0.228 e. The highest BCUT2D eigenvalue weighted by molar-refractivity contribution is 6.02. The third-order valence-corrected chi connectivity index (χ3v) is 7.03. The van der Waals surface area contributed by atoms with E-state index >= 15 is 0 Å². The summed E-state index contributed by atoms with van der Waals surface area (Å²) in [6.07, 6.45) is -12.8. The second-order valence-corrected chi connectivity index (χ2v) is 10.5. The number of ether oxygens (including phenoxy) is 6. The minimum atomic E-state index is -1.67. The van der Waals surface area contributed by atoms with Gasteiger partial charge in [0.1, 0.15) is 53.3 Å². The number of aliphatic hydroxyl groups is 6. The number of aliphatic hydroxyl groups excluding tert-OH is 6. The number of benzene rings is 2. The van der Waals surface area contributed by atoms with Crippen molar-refractivity contribution < 1.29 is 74.1 Å². The van der Waals surface area contributed by atoms with Crippen LogP contribution in [0.1, 0.15) is 49.2 Å². The molecule has 3 rings (SSSR count). The van der Waals surface area contributed by atoms with Crippen molar-refractivity contribution in [3.63, 3.8) is 0 Å². The van der Waals surface area contributed by atoms with Crippen molar-refractivity contribution in [2.45, 2.75) is 82.5 Å². The van der Waals surface area contributed by atoms with Gasteiger partial charge in [0.15, 0.2) is 23.6 Å². The Morgan fingerprint density at radius 3 is 2.22 bits per heavy atom. The van der Waals surface area contributed by atoms with E-state index in [0.717, 1.165) is 6.07 Å². The molecule has 45 heavy (non-hydrogen) atoms. The minimum Gasteiger partial charge on any atom is -0.507 e. The number of hydrogen-bond acceptors (Lipinski definition) is 15. The quantitative estimate of drug-likeness (QED) is 0.107. The lowest BCUT2D eigenvalue weighted by molar-refractivity contribution is -0.255. The Morgan fingerprint density at radius 1 is 0.933 bits per heavy atom. The van der Waals surface area contributed by atoms with E-state index < -0.39 is 80.1 Å². The van der Waals surface area contributed by atoms with Crippen LogP contribution in [-0.4, -0.2) is 123 Å². The lowest BCUT2D eigenvalue weighted by atomic mass is 9.95. The number of methoxy groups -OCH3 is 1. The molecule has 15 heteroatoms. The van der Waals surface area contributed by atoms with Crippen LogP contribution < -0.4 is 14.2 Å². The first-order valence-electron chi connectivity index (χ1n) is 14.3. The van der Waals surface area contributed by atoms with Gasteiger partial charge in [-0.05, 0) is 38.5 Å². The molecule has 2 aromatic carbocycles. The van der Waals surface area contributed by atoms with Crippen molar-refractivity contribution in [3.05, 3.63) is 41.5 Å². The van der Waals surface area contributed by atoms with Crippen LogP contribution in [0.25, 0.3) is 0 Å². The van der Waals surface area contributed by atoms with Gasteiger partial charge in [-0.1, -0.05) is 6.07 Å². The normalized spacial score (nSPS) is 20.1. The van der Waals surface area contributed by atoms with Gasteiger partial charge in [0.2, 0.25) is 6.29 Å². The Balaban J connectivity index is 1.81. The SMILES string of the molecule is CCO[C@@H](OCC(OC(Oc1cc(O)c2c(c1)O[C@H](c1ccc(OC)c(O)c1)CC2=O)[C@@H](O)CO)[C@H](C)O)C(O)C(O)[C@H](C)O. The average molecular weight is 643 g/mol. The molecule has 15 nitrogen and oxygen atoms in total. The molecule has 0 saturated heterocycles. The first-order valence-corrected chi connectivity index (χ1v) is 14.3. The fourth-order valence-electron chi connectivity index (χ4n) is 4.50. The second-order valence-electron chi connectivity index (χ2n) is 10.5. The summed E-state index contributed by atoms with van der Waals surface area (Å²) >= 11 is 0.